The van der Waals surface area contributed by atoms with Gasteiger partial charge in [0, 0.05) is 0 Å². The summed E-state index contributed by atoms with van der Waals surface area (Å²) in [6.45, 7) is 0.745. The van der Waals surface area contributed by atoms with Crippen molar-refractivity contribution in [3.05, 3.63) is 64.9 Å². The Morgan fingerprint density at radius 1 is 0.913 bits per heavy atom. The summed E-state index contributed by atoms with van der Waals surface area (Å²) in [5, 5.41) is 11.8. The van der Waals surface area contributed by atoms with Crippen molar-refractivity contribution in [2.75, 3.05) is 0 Å². The van der Waals surface area contributed by atoms with E-state index in [4.69, 9.17) is 12.2 Å². The van der Waals surface area contributed by atoms with E-state index in [9.17, 15) is 0 Å². The van der Waals surface area contributed by atoms with Crippen LogP contribution in [-0.4, -0.2) is 28.8 Å². The molecule has 112 valence electrons. The number of hydrogen-bond donors (Lipinski definition) is 1. The second kappa shape index (κ2) is 4.53. The average Bonchev–Trinajstić information content (AvgIpc) is 3.21. The summed E-state index contributed by atoms with van der Waals surface area (Å²) < 4.78 is 6.39. The highest BCUT2D eigenvalue weighted by Crippen LogP contribution is 2.23. The fourth-order valence-corrected chi connectivity index (χ4v) is 3.21. The first-order chi connectivity index (χ1) is 11.3. The highest BCUT2D eigenvalue weighted by molar-refractivity contribution is 7.71. The maximum absolute atomic E-state index is 5.25. The fourth-order valence-electron chi connectivity index (χ4n) is 3.04. The molecule has 0 bridgehead atoms. The molecule has 0 aliphatic rings. The minimum absolute atomic E-state index is 0.499. The second-order valence-electron chi connectivity index (χ2n) is 5.44. The molecule has 1 N–H and O–H groups in total. The van der Waals surface area contributed by atoms with Crippen LogP contribution in [0.25, 0.3) is 22.6 Å². The summed E-state index contributed by atoms with van der Waals surface area (Å²) in [5.74, 6) is 1.53. The lowest BCUT2D eigenvalue weighted by Gasteiger charge is -2.04. The minimum atomic E-state index is 0.499. The smallest absolute Gasteiger partial charge is 0.258 e. The molecule has 0 unspecified atom stereocenters. The number of aromatic nitrogens is 6. The zero-order valence-corrected chi connectivity index (χ0v) is 12.9. The minimum Gasteiger partial charge on any atom is -0.304 e. The Labute approximate surface area is 135 Å². The molecule has 0 saturated carbocycles. The lowest BCUT2D eigenvalue weighted by Crippen LogP contribution is -2.00. The number of benzene rings is 2. The van der Waals surface area contributed by atoms with Gasteiger partial charge in [0.15, 0.2) is 0 Å². The van der Waals surface area contributed by atoms with E-state index in [0.29, 0.717) is 10.5 Å². The van der Waals surface area contributed by atoms with Gasteiger partial charge in [0.05, 0.1) is 17.6 Å². The molecule has 0 fully saturated rings. The van der Waals surface area contributed by atoms with Crippen LogP contribution in [0.2, 0.25) is 0 Å². The van der Waals surface area contributed by atoms with Crippen LogP contribution in [0.1, 0.15) is 5.56 Å². The molecule has 0 radical (unpaired) electrons. The summed E-state index contributed by atoms with van der Waals surface area (Å²) in [4.78, 5) is 0. The molecule has 0 aliphatic carbocycles. The Kier molecular flexibility index (Phi) is 2.48. The van der Waals surface area contributed by atoms with E-state index in [1.807, 2.05) is 34.7 Å². The summed E-state index contributed by atoms with van der Waals surface area (Å²) in [7, 11) is 0. The number of rotatable bonds is 2. The average molecular weight is 320 g/mol. The van der Waals surface area contributed by atoms with Gasteiger partial charge in [-0.2, -0.15) is 4.52 Å². The van der Waals surface area contributed by atoms with E-state index >= 15 is 0 Å². The zero-order valence-electron chi connectivity index (χ0n) is 12.0. The third-order valence-electron chi connectivity index (χ3n) is 4.06. The SMILES string of the molecule is S=c1[nH]nc2n1nc1n(Cc3ccccc3)c3ccccc3n12. The number of H-pyrrole nitrogens is 1. The van der Waals surface area contributed by atoms with Crippen LogP contribution in [0.5, 0.6) is 0 Å². The Bertz CT molecular complexity index is 1210. The number of hydrogen-bond acceptors (Lipinski definition) is 3. The third kappa shape index (κ3) is 1.71. The van der Waals surface area contributed by atoms with Crippen molar-refractivity contribution in [2.24, 2.45) is 0 Å². The van der Waals surface area contributed by atoms with Gasteiger partial charge in [-0.25, -0.2) is 9.50 Å². The Morgan fingerprint density at radius 2 is 1.65 bits per heavy atom. The Balaban J connectivity index is 1.90. The largest absolute Gasteiger partial charge is 0.304 e. The molecule has 6 nitrogen and oxygen atoms in total. The van der Waals surface area contributed by atoms with Crippen LogP contribution in [0.15, 0.2) is 54.6 Å². The first-order valence-corrected chi connectivity index (χ1v) is 7.71. The monoisotopic (exact) mass is 320 g/mol. The quantitative estimate of drug-likeness (QED) is 0.509. The second-order valence-corrected chi connectivity index (χ2v) is 5.82. The van der Waals surface area contributed by atoms with E-state index in [1.165, 1.54) is 5.56 Å². The first kappa shape index (κ1) is 12.6. The van der Waals surface area contributed by atoms with Crippen LogP contribution in [0.4, 0.5) is 0 Å². The van der Waals surface area contributed by atoms with E-state index in [-0.39, 0.29) is 0 Å². The van der Waals surface area contributed by atoms with Crippen molar-refractivity contribution in [3.63, 3.8) is 0 Å². The number of imidazole rings is 1. The fraction of sp³-hybridized carbons (Fsp3) is 0.0625. The highest BCUT2D eigenvalue weighted by atomic mass is 32.1. The van der Waals surface area contributed by atoms with Crippen LogP contribution in [-0.2, 0) is 6.54 Å². The lowest BCUT2D eigenvalue weighted by atomic mass is 10.2. The van der Waals surface area contributed by atoms with E-state index in [1.54, 1.807) is 4.52 Å². The van der Waals surface area contributed by atoms with Gasteiger partial charge in [-0.15, -0.1) is 10.2 Å². The standard InChI is InChI=1S/C16H12N6S/c23-16-18-17-14-21-13-9-5-4-8-12(13)20(15(21)19-22(14)16)10-11-6-2-1-3-7-11/h1-9H,10H2,(H,18,23). The molecule has 0 aliphatic heterocycles. The molecule has 0 spiro atoms. The number of aromatic amines is 1. The molecule has 2 aromatic carbocycles. The topological polar surface area (TPSA) is 55.3 Å². The molecule has 3 aromatic heterocycles. The number of nitrogens with zero attached hydrogens (tertiary/aromatic N) is 5. The molecular weight excluding hydrogens is 308 g/mol. The first-order valence-electron chi connectivity index (χ1n) is 7.30. The Morgan fingerprint density at radius 3 is 2.48 bits per heavy atom. The van der Waals surface area contributed by atoms with Gasteiger partial charge in [0.1, 0.15) is 0 Å². The molecule has 23 heavy (non-hydrogen) atoms. The van der Waals surface area contributed by atoms with Crippen molar-refractivity contribution in [1.82, 2.24) is 28.8 Å². The van der Waals surface area contributed by atoms with Crippen molar-refractivity contribution in [3.8, 4) is 0 Å². The van der Waals surface area contributed by atoms with Crippen molar-refractivity contribution in [1.29, 1.82) is 0 Å². The number of fused-ring (bicyclic) bond motifs is 5. The predicted molar refractivity (Wildman–Crippen MR) is 90.2 cm³/mol. The number of para-hydroxylation sites is 2. The lowest BCUT2D eigenvalue weighted by molar-refractivity contribution is 0.825. The molecule has 0 saturated heterocycles. The van der Waals surface area contributed by atoms with Crippen LogP contribution in [0, 0.1) is 4.77 Å². The summed E-state index contributed by atoms with van der Waals surface area (Å²) in [5.41, 5.74) is 3.41. The molecule has 5 aromatic rings. The van der Waals surface area contributed by atoms with Gasteiger partial charge in [0.25, 0.3) is 5.78 Å². The third-order valence-corrected chi connectivity index (χ3v) is 4.33. The van der Waals surface area contributed by atoms with Gasteiger partial charge in [-0.05, 0) is 29.9 Å². The molecule has 5 rings (SSSR count). The molecular formula is C16H12N6S. The van der Waals surface area contributed by atoms with Crippen LogP contribution in [0.3, 0.4) is 0 Å². The van der Waals surface area contributed by atoms with E-state index < -0.39 is 0 Å². The van der Waals surface area contributed by atoms with Gasteiger partial charge >= 0.3 is 0 Å². The van der Waals surface area contributed by atoms with Crippen molar-refractivity contribution >= 4 is 34.8 Å². The van der Waals surface area contributed by atoms with E-state index in [2.05, 4.69) is 44.1 Å². The summed E-state index contributed by atoms with van der Waals surface area (Å²) >= 11 is 5.25. The maximum atomic E-state index is 5.25. The van der Waals surface area contributed by atoms with Gasteiger partial charge in [-0.1, -0.05) is 42.5 Å². The predicted octanol–water partition coefficient (Wildman–Crippen LogP) is 3.04. The molecule has 0 atom stereocenters. The van der Waals surface area contributed by atoms with Crippen molar-refractivity contribution in [2.45, 2.75) is 6.54 Å². The molecule has 3 heterocycles. The van der Waals surface area contributed by atoms with Crippen molar-refractivity contribution < 1.29 is 0 Å². The Hall–Kier alpha value is -2.93. The number of nitrogens with one attached hydrogen (secondary N) is 1. The van der Waals surface area contributed by atoms with Crippen LogP contribution >= 0.6 is 12.2 Å². The maximum Gasteiger partial charge on any atom is 0.258 e. The summed E-state index contributed by atoms with van der Waals surface area (Å²) in [6, 6.07) is 18.6. The zero-order chi connectivity index (χ0) is 15.4. The summed E-state index contributed by atoms with van der Waals surface area (Å²) in [6.07, 6.45) is 0. The van der Waals surface area contributed by atoms with Gasteiger partial charge in [0.2, 0.25) is 10.5 Å². The van der Waals surface area contributed by atoms with E-state index in [0.717, 1.165) is 23.4 Å². The normalized spacial score (nSPS) is 11.8. The van der Waals surface area contributed by atoms with Gasteiger partial charge < -0.3 is 4.57 Å². The van der Waals surface area contributed by atoms with Crippen LogP contribution < -0.4 is 0 Å². The molecule has 0 amide bonds. The highest BCUT2D eigenvalue weighted by Gasteiger charge is 2.17. The molecule has 7 heteroatoms. The van der Waals surface area contributed by atoms with Gasteiger partial charge in [-0.3, -0.25) is 0 Å².